The molecule has 1 aliphatic rings. The number of carboxylic acid groups (broad SMARTS) is 4. The van der Waals surface area contributed by atoms with Crippen molar-refractivity contribution in [3.05, 3.63) is 60.7 Å². The third kappa shape index (κ3) is 9.98. The molecule has 2 aromatic rings. The van der Waals surface area contributed by atoms with Gasteiger partial charge in [0.2, 0.25) is 0 Å². The van der Waals surface area contributed by atoms with E-state index in [4.69, 9.17) is 39.6 Å². The molecule has 37 heavy (non-hydrogen) atoms. The molecule has 1 saturated heterocycles. The monoisotopic (exact) mass is 517 g/mol. The number of hydrogen-bond acceptors (Lipinski definition) is 6. The highest BCUT2D eigenvalue weighted by Crippen LogP contribution is 2.28. The van der Waals surface area contributed by atoms with Crippen LogP contribution in [-0.4, -0.2) is 92.4 Å². The van der Waals surface area contributed by atoms with Gasteiger partial charge in [-0.1, -0.05) is 50.2 Å². The number of carboxylic acids is 4. The van der Waals surface area contributed by atoms with Gasteiger partial charge in [-0.15, -0.1) is 0 Å². The lowest BCUT2D eigenvalue weighted by atomic mass is 10.2. The molecule has 12 nitrogen and oxygen atoms in total. The maximum Gasteiger partial charge on any atom is 0.414 e. The fourth-order valence-electron chi connectivity index (χ4n) is 3.62. The number of amides is 2. The van der Waals surface area contributed by atoms with Crippen molar-refractivity contribution in [3.63, 3.8) is 0 Å². The Balaban J connectivity index is 0.000000476. The number of anilines is 2. The fourth-order valence-corrected chi connectivity index (χ4v) is 3.62. The molecule has 0 saturated carbocycles. The minimum Gasteiger partial charge on any atom is -0.473 e. The second kappa shape index (κ2) is 15.5. The van der Waals surface area contributed by atoms with Gasteiger partial charge in [-0.25, -0.2) is 24.0 Å². The zero-order valence-electron chi connectivity index (χ0n) is 20.6. The Labute approximate surface area is 214 Å². The van der Waals surface area contributed by atoms with Gasteiger partial charge in [0.1, 0.15) is 0 Å². The number of rotatable bonds is 5. The van der Waals surface area contributed by atoms with Crippen LogP contribution in [0.2, 0.25) is 0 Å². The third-order valence-corrected chi connectivity index (χ3v) is 5.35. The highest BCUT2D eigenvalue weighted by atomic mass is 16.4. The zero-order valence-corrected chi connectivity index (χ0v) is 20.6. The molecule has 4 N–H and O–H groups in total. The number of likely N-dealkylation sites (N-methyl/N-ethyl adjacent to an activating group) is 1. The molecule has 1 unspecified atom stereocenters. The number of nitrogens with zero attached hydrogens (tertiary/aromatic N) is 3. The van der Waals surface area contributed by atoms with Crippen LogP contribution in [0, 0.1) is 0 Å². The van der Waals surface area contributed by atoms with Crippen molar-refractivity contribution in [1.82, 2.24) is 9.80 Å². The van der Waals surface area contributed by atoms with Crippen LogP contribution in [-0.2, 0) is 19.2 Å². The zero-order chi connectivity index (χ0) is 28.0. The van der Waals surface area contributed by atoms with Crippen LogP contribution in [0.5, 0.6) is 0 Å². The molecule has 1 atom stereocenters. The summed E-state index contributed by atoms with van der Waals surface area (Å²) >= 11 is 0. The van der Waals surface area contributed by atoms with Gasteiger partial charge in [-0.3, -0.25) is 9.80 Å². The molecule has 0 radical (unpaired) electrons. The van der Waals surface area contributed by atoms with Crippen LogP contribution in [0.3, 0.4) is 0 Å². The van der Waals surface area contributed by atoms with E-state index in [9.17, 15) is 4.79 Å². The van der Waals surface area contributed by atoms with Crippen LogP contribution in [0.25, 0.3) is 0 Å². The van der Waals surface area contributed by atoms with Crippen molar-refractivity contribution >= 4 is 41.3 Å². The molecule has 1 aliphatic heterocycles. The van der Waals surface area contributed by atoms with Gasteiger partial charge >= 0.3 is 29.9 Å². The Morgan fingerprint density at radius 3 is 1.43 bits per heavy atom. The van der Waals surface area contributed by atoms with Crippen LogP contribution in [0.4, 0.5) is 16.2 Å². The number of benzene rings is 2. The Hall–Kier alpha value is -4.45. The van der Waals surface area contributed by atoms with Crippen LogP contribution < -0.4 is 4.90 Å². The number of hydrogen-bond donors (Lipinski definition) is 4. The van der Waals surface area contributed by atoms with E-state index in [1.54, 1.807) is 0 Å². The molecule has 1 fully saturated rings. The predicted molar refractivity (Wildman–Crippen MR) is 134 cm³/mol. The first-order valence-corrected chi connectivity index (χ1v) is 11.4. The number of carbonyl (C=O) groups is 5. The summed E-state index contributed by atoms with van der Waals surface area (Å²) in [5.41, 5.74) is 1.81. The average molecular weight is 518 g/mol. The summed E-state index contributed by atoms with van der Waals surface area (Å²) in [5.74, 6) is -7.30. The van der Waals surface area contributed by atoms with Crippen molar-refractivity contribution in [3.8, 4) is 0 Å². The van der Waals surface area contributed by atoms with Crippen molar-refractivity contribution in [1.29, 1.82) is 0 Å². The first-order valence-electron chi connectivity index (χ1n) is 11.4. The SMILES string of the molecule is CCN(CC)C1CCN(C(=O)N(c2ccccc2)c2ccccc2)C1.O=C(O)C(=O)O.O=C(O)C(=O)O. The minimum absolute atomic E-state index is 0.0621. The van der Waals surface area contributed by atoms with Gasteiger partial charge in [-0.05, 0) is 43.8 Å². The van der Waals surface area contributed by atoms with Crippen LogP contribution in [0.1, 0.15) is 20.3 Å². The quantitative estimate of drug-likeness (QED) is 0.431. The van der Waals surface area contributed by atoms with Crippen molar-refractivity contribution < 1.29 is 44.4 Å². The molecule has 0 aromatic heterocycles. The Bertz CT molecular complexity index is 956. The van der Waals surface area contributed by atoms with Crippen molar-refractivity contribution in [2.75, 3.05) is 31.1 Å². The Morgan fingerprint density at radius 2 is 1.11 bits per heavy atom. The molecule has 12 heteroatoms. The molecule has 200 valence electrons. The molecule has 1 heterocycles. The van der Waals surface area contributed by atoms with Crippen molar-refractivity contribution in [2.45, 2.75) is 26.3 Å². The van der Waals surface area contributed by atoms with Gasteiger partial charge in [0, 0.05) is 19.1 Å². The lowest BCUT2D eigenvalue weighted by Crippen LogP contribution is -2.42. The summed E-state index contributed by atoms with van der Waals surface area (Å²) in [4.78, 5) is 56.0. The molecule has 2 amide bonds. The number of para-hydroxylation sites is 2. The number of likely N-dealkylation sites (tertiary alicyclic amines) is 1. The van der Waals surface area contributed by atoms with E-state index in [1.807, 2.05) is 70.5 Å². The standard InChI is InChI=1S/C21H27N3O.2C2H2O4/c1-3-22(4-2)20-15-16-23(17-20)21(25)24(18-11-7-5-8-12-18)19-13-9-6-10-14-19;2*3-1(4)2(5)6/h5-14,20H,3-4,15-17H2,1-2H3;2*(H,3,4)(H,5,6). The number of aliphatic carboxylic acids is 4. The molecular weight excluding hydrogens is 486 g/mol. The third-order valence-electron chi connectivity index (χ3n) is 5.35. The molecule has 3 rings (SSSR count). The van der Waals surface area contributed by atoms with Crippen LogP contribution in [0.15, 0.2) is 60.7 Å². The fraction of sp³-hybridized carbons (Fsp3) is 0.320. The van der Waals surface area contributed by atoms with Gasteiger partial charge in [-0.2, -0.15) is 0 Å². The Morgan fingerprint density at radius 1 is 0.730 bits per heavy atom. The molecule has 2 aromatic carbocycles. The molecular formula is C25H31N3O9. The van der Waals surface area contributed by atoms with E-state index >= 15 is 0 Å². The lowest BCUT2D eigenvalue weighted by molar-refractivity contribution is -0.159. The topological polar surface area (TPSA) is 176 Å². The van der Waals surface area contributed by atoms with E-state index in [0.717, 1.165) is 44.0 Å². The van der Waals surface area contributed by atoms with Gasteiger partial charge in [0.05, 0.1) is 11.4 Å². The highest BCUT2D eigenvalue weighted by Gasteiger charge is 2.32. The highest BCUT2D eigenvalue weighted by molar-refractivity contribution is 6.27. The molecule has 0 spiro atoms. The van der Waals surface area contributed by atoms with E-state index < -0.39 is 23.9 Å². The molecule has 0 aliphatic carbocycles. The number of urea groups is 1. The average Bonchev–Trinajstić information content (AvgIpc) is 3.37. The van der Waals surface area contributed by atoms with Gasteiger partial charge in [0.15, 0.2) is 0 Å². The summed E-state index contributed by atoms with van der Waals surface area (Å²) in [6.45, 7) is 8.06. The predicted octanol–water partition coefficient (Wildman–Crippen LogP) is 2.67. The smallest absolute Gasteiger partial charge is 0.414 e. The first kappa shape index (κ1) is 30.6. The largest absolute Gasteiger partial charge is 0.473 e. The van der Waals surface area contributed by atoms with E-state index in [-0.39, 0.29) is 6.03 Å². The number of carbonyl (C=O) groups excluding carboxylic acids is 1. The van der Waals surface area contributed by atoms with E-state index in [0.29, 0.717) is 6.04 Å². The second-order valence-electron chi connectivity index (χ2n) is 7.62. The summed E-state index contributed by atoms with van der Waals surface area (Å²) in [6.07, 6.45) is 1.05. The normalized spacial score (nSPS) is 13.9. The summed E-state index contributed by atoms with van der Waals surface area (Å²) in [6, 6.07) is 20.3. The summed E-state index contributed by atoms with van der Waals surface area (Å²) in [5, 5.41) is 29.6. The van der Waals surface area contributed by atoms with E-state index in [1.165, 1.54) is 0 Å². The Kier molecular flexibility index (Phi) is 12.8. The van der Waals surface area contributed by atoms with Gasteiger partial charge in [0.25, 0.3) is 0 Å². The van der Waals surface area contributed by atoms with Crippen molar-refractivity contribution in [2.24, 2.45) is 0 Å². The summed E-state index contributed by atoms with van der Waals surface area (Å²) < 4.78 is 0. The maximum absolute atomic E-state index is 13.3. The summed E-state index contributed by atoms with van der Waals surface area (Å²) in [7, 11) is 0. The molecule has 0 bridgehead atoms. The maximum atomic E-state index is 13.3. The first-order chi connectivity index (χ1) is 17.5. The minimum atomic E-state index is -1.82. The van der Waals surface area contributed by atoms with E-state index in [2.05, 4.69) is 18.7 Å². The lowest BCUT2D eigenvalue weighted by Gasteiger charge is -2.30. The van der Waals surface area contributed by atoms with Gasteiger partial charge < -0.3 is 25.3 Å². The van der Waals surface area contributed by atoms with Crippen LogP contribution >= 0.6 is 0 Å². The second-order valence-corrected chi connectivity index (χ2v) is 7.62.